The van der Waals surface area contributed by atoms with Crippen LogP contribution in [0.25, 0.3) is 0 Å². The molecular formula is C15H14N2O3. The molecule has 0 saturated heterocycles. The molecule has 0 spiro atoms. The fourth-order valence-corrected chi connectivity index (χ4v) is 2.04. The maximum Gasteiger partial charge on any atom is 0.269 e. The number of aromatic nitrogens is 1. The summed E-state index contributed by atoms with van der Waals surface area (Å²) in [6.45, 7) is 3.48. The summed E-state index contributed by atoms with van der Waals surface area (Å²) in [6.07, 6.45) is 1.64. The van der Waals surface area contributed by atoms with Crippen molar-refractivity contribution in [3.8, 4) is 0 Å². The lowest BCUT2D eigenvalue weighted by Crippen LogP contribution is -2.12. The Kier molecular flexibility index (Phi) is 3.89. The first-order chi connectivity index (χ1) is 9.50. The van der Waals surface area contributed by atoms with Crippen LogP contribution in [0.3, 0.4) is 0 Å². The van der Waals surface area contributed by atoms with Crippen molar-refractivity contribution in [3.63, 3.8) is 0 Å². The first kappa shape index (κ1) is 13.9. The molecule has 1 aromatic carbocycles. The monoisotopic (exact) mass is 270 g/mol. The predicted octanol–water partition coefficient (Wildman–Crippen LogP) is 3.28. The molecule has 0 aliphatic heterocycles. The summed E-state index contributed by atoms with van der Waals surface area (Å²) >= 11 is 0. The van der Waals surface area contributed by atoms with Gasteiger partial charge in [-0.15, -0.1) is 0 Å². The highest BCUT2D eigenvalue weighted by Crippen LogP contribution is 2.23. The number of benzene rings is 1. The van der Waals surface area contributed by atoms with E-state index in [2.05, 4.69) is 4.98 Å². The number of Topliss-reactive ketones (excluding diaryl/α,β-unsaturated/α-hetero) is 1. The number of rotatable bonds is 4. The number of pyridine rings is 1. The van der Waals surface area contributed by atoms with Crippen molar-refractivity contribution in [1.29, 1.82) is 0 Å². The van der Waals surface area contributed by atoms with Gasteiger partial charge < -0.3 is 0 Å². The number of hydrogen-bond acceptors (Lipinski definition) is 4. The standard InChI is InChI=1S/C15H14N2O3/c1-10-9-12(17(19)20)6-7-13(10)15(18)11(2)14-5-3-4-8-16-14/h3-9,11H,1-2H3. The minimum atomic E-state index is -0.469. The average Bonchev–Trinajstić information content (AvgIpc) is 2.46. The summed E-state index contributed by atoms with van der Waals surface area (Å²) in [5, 5.41) is 10.7. The molecule has 5 nitrogen and oxygen atoms in total. The summed E-state index contributed by atoms with van der Waals surface area (Å²) in [7, 11) is 0. The van der Waals surface area contributed by atoms with Gasteiger partial charge in [0.2, 0.25) is 0 Å². The Morgan fingerprint density at radius 2 is 2.05 bits per heavy atom. The van der Waals surface area contributed by atoms with Crippen LogP contribution in [0.4, 0.5) is 5.69 Å². The summed E-state index contributed by atoms with van der Waals surface area (Å²) in [4.78, 5) is 26.8. The van der Waals surface area contributed by atoms with Gasteiger partial charge in [-0.2, -0.15) is 0 Å². The van der Waals surface area contributed by atoms with Crippen molar-refractivity contribution in [2.45, 2.75) is 19.8 Å². The molecule has 0 amide bonds. The number of ketones is 1. The maximum atomic E-state index is 12.4. The van der Waals surface area contributed by atoms with Gasteiger partial charge in [0.1, 0.15) is 0 Å². The summed E-state index contributed by atoms with van der Waals surface area (Å²) in [5.41, 5.74) is 1.78. The van der Waals surface area contributed by atoms with Crippen LogP contribution in [0, 0.1) is 17.0 Å². The molecular weight excluding hydrogens is 256 g/mol. The summed E-state index contributed by atoms with van der Waals surface area (Å²) in [5.74, 6) is -0.465. The molecule has 0 fully saturated rings. The molecule has 1 aromatic heterocycles. The van der Waals surface area contributed by atoms with Crippen molar-refractivity contribution in [1.82, 2.24) is 4.98 Å². The Bertz CT molecular complexity index is 653. The molecule has 102 valence electrons. The fraction of sp³-hybridized carbons (Fsp3) is 0.200. The van der Waals surface area contributed by atoms with Gasteiger partial charge in [-0.05, 0) is 37.6 Å². The van der Waals surface area contributed by atoms with Crippen LogP contribution < -0.4 is 0 Å². The van der Waals surface area contributed by atoms with E-state index in [1.54, 1.807) is 32.2 Å². The molecule has 0 radical (unpaired) electrons. The lowest BCUT2D eigenvalue weighted by molar-refractivity contribution is -0.384. The lowest BCUT2D eigenvalue weighted by Gasteiger charge is -2.11. The zero-order valence-electron chi connectivity index (χ0n) is 11.2. The molecule has 0 saturated carbocycles. The second-order valence-electron chi connectivity index (χ2n) is 4.60. The van der Waals surface area contributed by atoms with Crippen LogP contribution in [0.2, 0.25) is 0 Å². The highest BCUT2D eigenvalue weighted by Gasteiger charge is 2.21. The molecule has 1 heterocycles. The van der Waals surface area contributed by atoms with Gasteiger partial charge in [0.25, 0.3) is 5.69 Å². The van der Waals surface area contributed by atoms with Crippen LogP contribution in [0.5, 0.6) is 0 Å². The number of nitrogens with zero attached hydrogens (tertiary/aromatic N) is 2. The Balaban J connectivity index is 2.32. The van der Waals surface area contributed by atoms with Crippen LogP contribution in [-0.4, -0.2) is 15.7 Å². The molecule has 0 N–H and O–H groups in total. The predicted molar refractivity (Wildman–Crippen MR) is 74.8 cm³/mol. The van der Waals surface area contributed by atoms with Gasteiger partial charge in [0.15, 0.2) is 5.78 Å². The number of non-ortho nitro benzene ring substituents is 1. The Hall–Kier alpha value is -2.56. The third kappa shape index (κ3) is 2.71. The Labute approximate surface area is 116 Å². The fourth-order valence-electron chi connectivity index (χ4n) is 2.04. The van der Waals surface area contributed by atoms with Gasteiger partial charge in [-0.1, -0.05) is 6.07 Å². The zero-order chi connectivity index (χ0) is 14.7. The summed E-state index contributed by atoms with van der Waals surface area (Å²) < 4.78 is 0. The van der Waals surface area contributed by atoms with Gasteiger partial charge >= 0.3 is 0 Å². The summed E-state index contributed by atoms with van der Waals surface area (Å²) in [6, 6.07) is 9.69. The molecule has 2 aromatic rings. The van der Waals surface area contributed by atoms with Crippen molar-refractivity contribution >= 4 is 11.5 Å². The second kappa shape index (κ2) is 5.61. The van der Waals surface area contributed by atoms with Crippen molar-refractivity contribution in [2.75, 3.05) is 0 Å². The third-order valence-corrected chi connectivity index (χ3v) is 3.21. The van der Waals surface area contributed by atoms with E-state index in [0.29, 0.717) is 16.8 Å². The molecule has 20 heavy (non-hydrogen) atoms. The quantitative estimate of drug-likeness (QED) is 0.485. The highest BCUT2D eigenvalue weighted by molar-refractivity contribution is 6.01. The first-order valence-corrected chi connectivity index (χ1v) is 6.21. The minimum Gasteiger partial charge on any atom is -0.293 e. The number of carbonyl (C=O) groups excluding carboxylic acids is 1. The van der Waals surface area contributed by atoms with E-state index in [0.717, 1.165) is 0 Å². The minimum absolute atomic E-state index is 0.00969. The molecule has 0 aliphatic carbocycles. The van der Waals surface area contributed by atoms with E-state index < -0.39 is 4.92 Å². The number of nitro benzene ring substituents is 1. The Morgan fingerprint density at radius 3 is 2.60 bits per heavy atom. The van der Waals surface area contributed by atoms with Crippen molar-refractivity contribution < 1.29 is 9.72 Å². The zero-order valence-corrected chi connectivity index (χ0v) is 11.2. The maximum absolute atomic E-state index is 12.4. The SMILES string of the molecule is Cc1cc([N+](=O)[O-])ccc1C(=O)C(C)c1ccccn1. The Morgan fingerprint density at radius 1 is 1.30 bits per heavy atom. The van der Waals surface area contributed by atoms with Crippen LogP contribution >= 0.6 is 0 Å². The smallest absolute Gasteiger partial charge is 0.269 e. The number of aryl methyl sites for hydroxylation is 1. The van der Waals surface area contributed by atoms with E-state index in [4.69, 9.17) is 0 Å². The number of hydrogen-bond donors (Lipinski definition) is 0. The molecule has 5 heteroatoms. The van der Waals surface area contributed by atoms with E-state index in [1.165, 1.54) is 18.2 Å². The van der Waals surface area contributed by atoms with E-state index >= 15 is 0 Å². The van der Waals surface area contributed by atoms with Crippen molar-refractivity contribution in [2.24, 2.45) is 0 Å². The van der Waals surface area contributed by atoms with Gasteiger partial charge in [0, 0.05) is 23.9 Å². The van der Waals surface area contributed by atoms with Gasteiger partial charge in [-0.25, -0.2) is 0 Å². The van der Waals surface area contributed by atoms with Crippen LogP contribution in [0.15, 0.2) is 42.6 Å². The topological polar surface area (TPSA) is 73.1 Å². The highest BCUT2D eigenvalue weighted by atomic mass is 16.6. The van der Waals surface area contributed by atoms with Crippen LogP contribution in [0.1, 0.15) is 34.5 Å². The average molecular weight is 270 g/mol. The van der Waals surface area contributed by atoms with Crippen LogP contribution in [-0.2, 0) is 0 Å². The number of carbonyl (C=O) groups is 1. The molecule has 0 bridgehead atoms. The van der Waals surface area contributed by atoms with Gasteiger partial charge in [0.05, 0.1) is 16.5 Å². The molecule has 1 unspecified atom stereocenters. The normalized spacial score (nSPS) is 11.9. The molecule has 0 aliphatic rings. The second-order valence-corrected chi connectivity index (χ2v) is 4.60. The van der Waals surface area contributed by atoms with E-state index in [1.807, 2.05) is 6.07 Å². The van der Waals surface area contributed by atoms with Gasteiger partial charge in [-0.3, -0.25) is 19.9 Å². The lowest BCUT2D eigenvalue weighted by atomic mass is 9.93. The molecule has 2 rings (SSSR count). The van der Waals surface area contributed by atoms with Crippen molar-refractivity contribution in [3.05, 3.63) is 69.5 Å². The van der Waals surface area contributed by atoms with E-state index in [9.17, 15) is 14.9 Å². The largest absolute Gasteiger partial charge is 0.293 e. The van der Waals surface area contributed by atoms with E-state index in [-0.39, 0.29) is 17.4 Å². The first-order valence-electron chi connectivity index (χ1n) is 6.21. The third-order valence-electron chi connectivity index (χ3n) is 3.21. The number of nitro groups is 1. The molecule has 1 atom stereocenters.